The van der Waals surface area contributed by atoms with Crippen LogP contribution in [0.3, 0.4) is 0 Å². The van der Waals surface area contributed by atoms with Crippen molar-refractivity contribution in [1.82, 2.24) is 4.72 Å². The lowest BCUT2D eigenvalue weighted by Crippen LogP contribution is -2.30. The lowest BCUT2D eigenvalue weighted by Gasteiger charge is -2.23. The van der Waals surface area contributed by atoms with Crippen LogP contribution in [0, 0.1) is 0 Å². The lowest BCUT2D eigenvalue weighted by atomic mass is 9.94. The molecule has 0 bridgehead atoms. The molecule has 5 nitrogen and oxygen atoms in total. The fourth-order valence-corrected chi connectivity index (χ4v) is 4.08. The van der Waals surface area contributed by atoms with Crippen molar-refractivity contribution in [3.63, 3.8) is 0 Å². The van der Waals surface area contributed by atoms with Gasteiger partial charge in [-0.15, -0.1) is 0 Å². The molecule has 2 aromatic rings. The Hall–Kier alpha value is -1.79. The highest BCUT2D eigenvalue weighted by molar-refractivity contribution is 7.89. The molecule has 0 fully saturated rings. The zero-order valence-electron chi connectivity index (χ0n) is 12.7. The highest BCUT2D eigenvalue weighted by Crippen LogP contribution is 2.32. The minimum absolute atomic E-state index is 0.212. The summed E-state index contributed by atoms with van der Waals surface area (Å²) in [6.45, 7) is 0. The van der Waals surface area contributed by atoms with E-state index in [4.69, 9.17) is 4.42 Å². The molecule has 1 heterocycles. The Morgan fingerprint density at radius 2 is 2.09 bits per heavy atom. The summed E-state index contributed by atoms with van der Waals surface area (Å²) < 4.78 is 33.5. The maximum atomic E-state index is 12.6. The number of anilines is 1. The second-order valence-corrected chi connectivity index (χ2v) is 7.47. The summed E-state index contributed by atoms with van der Waals surface area (Å²) >= 11 is 0. The molecular formula is C16H20N2O3S. The normalized spacial score (nSPS) is 18.0. The van der Waals surface area contributed by atoms with Gasteiger partial charge in [-0.1, -0.05) is 6.07 Å². The standard InChI is InChI=1S/C16H20N2O3S/c1-18(2)12-5-3-6-13(11-12)22(19,20)17-15-7-4-8-16-14(15)9-10-21-16/h3,5-6,9-11,15,17H,4,7-8H2,1-2H3. The molecule has 3 rings (SSSR count). The van der Waals surface area contributed by atoms with Gasteiger partial charge in [0, 0.05) is 31.8 Å². The lowest BCUT2D eigenvalue weighted by molar-refractivity contribution is 0.438. The Kier molecular flexibility index (Phi) is 3.97. The third-order valence-corrected chi connectivity index (χ3v) is 5.46. The van der Waals surface area contributed by atoms with E-state index in [1.807, 2.05) is 31.1 Å². The fraction of sp³-hybridized carbons (Fsp3) is 0.375. The monoisotopic (exact) mass is 320 g/mol. The summed E-state index contributed by atoms with van der Waals surface area (Å²) in [7, 11) is 0.219. The van der Waals surface area contributed by atoms with E-state index in [2.05, 4.69) is 4.72 Å². The second kappa shape index (κ2) is 5.78. The van der Waals surface area contributed by atoms with Crippen molar-refractivity contribution in [1.29, 1.82) is 0 Å². The van der Waals surface area contributed by atoms with Crippen LogP contribution in [-0.2, 0) is 16.4 Å². The molecule has 0 amide bonds. The Morgan fingerprint density at radius 3 is 2.86 bits per heavy atom. The molecule has 1 aliphatic carbocycles. The van der Waals surface area contributed by atoms with Gasteiger partial charge in [0.2, 0.25) is 10.0 Å². The highest BCUT2D eigenvalue weighted by atomic mass is 32.2. The van der Waals surface area contributed by atoms with Gasteiger partial charge in [0.25, 0.3) is 0 Å². The number of benzene rings is 1. The first kappa shape index (κ1) is 15.1. The van der Waals surface area contributed by atoms with Gasteiger partial charge in [0.15, 0.2) is 0 Å². The van der Waals surface area contributed by atoms with E-state index in [0.29, 0.717) is 0 Å². The van der Waals surface area contributed by atoms with Crippen LogP contribution >= 0.6 is 0 Å². The maximum Gasteiger partial charge on any atom is 0.241 e. The number of nitrogens with one attached hydrogen (secondary N) is 1. The first-order valence-electron chi connectivity index (χ1n) is 7.33. The largest absolute Gasteiger partial charge is 0.469 e. The molecule has 6 heteroatoms. The van der Waals surface area contributed by atoms with Gasteiger partial charge in [-0.3, -0.25) is 0 Å². The number of rotatable bonds is 4. The second-order valence-electron chi connectivity index (χ2n) is 5.76. The molecule has 1 aliphatic rings. The predicted molar refractivity (Wildman–Crippen MR) is 85.5 cm³/mol. The van der Waals surface area contributed by atoms with E-state index in [1.165, 1.54) is 0 Å². The summed E-state index contributed by atoms with van der Waals surface area (Å²) in [5, 5.41) is 0. The fourth-order valence-electron chi connectivity index (χ4n) is 2.79. The molecule has 0 spiro atoms. The van der Waals surface area contributed by atoms with Crippen molar-refractivity contribution in [2.75, 3.05) is 19.0 Å². The third-order valence-electron chi connectivity index (χ3n) is 3.99. The van der Waals surface area contributed by atoms with Gasteiger partial charge < -0.3 is 9.32 Å². The van der Waals surface area contributed by atoms with Crippen molar-refractivity contribution >= 4 is 15.7 Å². The number of hydrogen-bond acceptors (Lipinski definition) is 4. The van der Waals surface area contributed by atoms with Crippen molar-refractivity contribution < 1.29 is 12.8 Å². The summed E-state index contributed by atoms with van der Waals surface area (Å²) in [6.07, 6.45) is 4.21. The molecule has 22 heavy (non-hydrogen) atoms. The van der Waals surface area contributed by atoms with Gasteiger partial charge in [-0.25, -0.2) is 13.1 Å². The number of nitrogens with zero attached hydrogens (tertiary/aromatic N) is 1. The molecule has 1 atom stereocenters. The van der Waals surface area contributed by atoms with Crippen molar-refractivity contribution in [3.8, 4) is 0 Å². The summed E-state index contributed by atoms with van der Waals surface area (Å²) in [4.78, 5) is 2.17. The van der Waals surface area contributed by atoms with Crippen LogP contribution < -0.4 is 9.62 Å². The number of fused-ring (bicyclic) bond motifs is 1. The number of sulfonamides is 1. The van der Waals surface area contributed by atoms with Crippen LogP contribution in [0.25, 0.3) is 0 Å². The van der Waals surface area contributed by atoms with Crippen LogP contribution in [0.5, 0.6) is 0 Å². The average molecular weight is 320 g/mol. The minimum atomic E-state index is -3.55. The minimum Gasteiger partial charge on any atom is -0.469 e. The SMILES string of the molecule is CN(C)c1cccc(S(=O)(=O)NC2CCCc3occc32)c1. The molecule has 0 saturated carbocycles. The van der Waals surface area contributed by atoms with Crippen molar-refractivity contribution in [2.24, 2.45) is 0 Å². The average Bonchev–Trinajstić information content (AvgIpc) is 2.97. The Bertz CT molecular complexity index is 765. The topological polar surface area (TPSA) is 62.6 Å². The van der Waals surface area contributed by atoms with Crippen LogP contribution in [0.1, 0.15) is 30.2 Å². The van der Waals surface area contributed by atoms with E-state index < -0.39 is 10.0 Å². The summed E-state index contributed by atoms with van der Waals surface area (Å²) in [6, 6.07) is 8.59. The molecule has 118 valence electrons. The van der Waals surface area contributed by atoms with Crippen molar-refractivity contribution in [3.05, 3.63) is 47.9 Å². The number of hydrogen-bond donors (Lipinski definition) is 1. The first-order chi connectivity index (χ1) is 10.5. The Labute approximate surface area is 131 Å². The molecule has 0 saturated heterocycles. The quantitative estimate of drug-likeness (QED) is 0.941. The molecule has 1 N–H and O–H groups in total. The molecule has 1 aromatic carbocycles. The molecular weight excluding hydrogens is 300 g/mol. The van der Waals surface area contributed by atoms with Crippen LogP contribution in [-0.4, -0.2) is 22.5 Å². The first-order valence-corrected chi connectivity index (χ1v) is 8.82. The smallest absolute Gasteiger partial charge is 0.241 e. The van der Waals surface area contributed by atoms with E-state index in [9.17, 15) is 8.42 Å². The number of furan rings is 1. The summed E-state index contributed by atoms with van der Waals surface area (Å²) in [5.74, 6) is 0.890. The Balaban J connectivity index is 1.88. The van der Waals surface area contributed by atoms with E-state index in [0.717, 1.165) is 36.3 Å². The maximum absolute atomic E-state index is 12.6. The molecule has 1 aromatic heterocycles. The van der Waals surface area contributed by atoms with Crippen LogP contribution in [0.15, 0.2) is 45.9 Å². The molecule has 0 radical (unpaired) electrons. The van der Waals surface area contributed by atoms with E-state index in [-0.39, 0.29) is 10.9 Å². The predicted octanol–water partition coefficient (Wildman–Crippen LogP) is 2.70. The molecule has 0 aliphatic heterocycles. The zero-order chi connectivity index (χ0) is 15.7. The van der Waals surface area contributed by atoms with Crippen LogP contribution in [0.2, 0.25) is 0 Å². The summed E-state index contributed by atoms with van der Waals surface area (Å²) in [5.41, 5.74) is 1.81. The zero-order valence-corrected chi connectivity index (χ0v) is 13.6. The van der Waals surface area contributed by atoms with E-state index >= 15 is 0 Å². The van der Waals surface area contributed by atoms with Gasteiger partial charge >= 0.3 is 0 Å². The molecule has 1 unspecified atom stereocenters. The van der Waals surface area contributed by atoms with Crippen molar-refractivity contribution in [2.45, 2.75) is 30.2 Å². The van der Waals surface area contributed by atoms with E-state index in [1.54, 1.807) is 24.5 Å². The van der Waals surface area contributed by atoms with Gasteiger partial charge in [0.05, 0.1) is 17.2 Å². The van der Waals surface area contributed by atoms with Crippen LogP contribution in [0.4, 0.5) is 5.69 Å². The third kappa shape index (κ3) is 2.89. The van der Waals surface area contributed by atoms with Gasteiger partial charge in [0.1, 0.15) is 5.76 Å². The van der Waals surface area contributed by atoms with Gasteiger partial charge in [-0.05, 0) is 37.1 Å². The Morgan fingerprint density at radius 1 is 1.27 bits per heavy atom. The highest BCUT2D eigenvalue weighted by Gasteiger charge is 2.27. The van der Waals surface area contributed by atoms with Gasteiger partial charge in [-0.2, -0.15) is 0 Å². The number of aryl methyl sites for hydroxylation is 1.